The fourth-order valence-electron chi connectivity index (χ4n) is 4.60. The van der Waals surface area contributed by atoms with E-state index in [2.05, 4.69) is 22.8 Å². The minimum Gasteiger partial charge on any atom is -0.453 e. The van der Waals surface area contributed by atoms with Crippen LogP contribution >= 0.6 is 11.6 Å². The minimum absolute atomic E-state index is 0.625. The Labute approximate surface area is 198 Å². The van der Waals surface area contributed by atoms with Gasteiger partial charge in [0.15, 0.2) is 11.5 Å². The smallest absolute Gasteiger partial charge is 0.157 e. The average molecular weight is 454 g/mol. The number of hydrogen-bond donors (Lipinski definition) is 0. The molecule has 0 spiro atoms. The Morgan fingerprint density at radius 3 is 2.34 bits per heavy atom. The van der Waals surface area contributed by atoms with E-state index >= 15 is 0 Å². The molecule has 2 aromatic rings. The molecule has 0 bridgehead atoms. The quantitative estimate of drug-likeness (QED) is 0.373. The molecule has 0 unspecified atom stereocenters. The number of fused-ring (bicyclic) bond motifs is 2. The third-order valence-corrected chi connectivity index (χ3v) is 6.81. The Kier molecular flexibility index (Phi) is 8.47. The van der Waals surface area contributed by atoms with Crippen LogP contribution in [0.4, 0.5) is 5.69 Å². The number of piperazine rings is 1. The number of hydrogen-bond acceptors (Lipinski definition) is 4. The Morgan fingerprint density at radius 2 is 1.56 bits per heavy atom. The number of rotatable bonds is 9. The van der Waals surface area contributed by atoms with Crippen LogP contribution in [0.2, 0.25) is 5.02 Å². The zero-order valence-corrected chi connectivity index (χ0v) is 20.1. The first-order valence-electron chi connectivity index (χ1n) is 12.4. The highest BCUT2D eigenvalue weighted by atomic mass is 35.5. The van der Waals surface area contributed by atoms with Gasteiger partial charge in [0.25, 0.3) is 0 Å². The molecular weight excluding hydrogens is 418 g/mol. The second-order valence-corrected chi connectivity index (χ2v) is 9.33. The first kappa shape index (κ1) is 23.1. The predicted octanol–water partition coefficient (Wildman–Crippen LogP) is 7.28. The summed E-state index contributed by atoms with van der Waals surface area (Å²) in [5.74, 6) is 2.43. The first-order valence-corrected chi connectivity index (χ1v) is 12.8. The summed E-state index contributed by atoms with van der Waals surface area (Å²) in [7, 11) is 0. The molecular formula is C27H36ClN3O. The van der Waals surface area contributed by atoms with Gasteiger partial charge < -0.3 is 9.64 Å². The molecule has 172 valence electrons. The van der Waals surface area contributed by atoms with Crippen molar-refractivity contribution in [3.05, 3.63) is 53.1 Å². The van der Waals surface area contributed by atoms with E-state index in [1.807, 2.05) is 36.4 Å². The van der Waals surface area contributed by atoms with Gasteiger partial charge in [-0.3, -0.25) is 4.90 Å². The van der Waals surface area contributed by atoms with E-state index in [9.17, 15) is 0 Å². The number of unbranched alkanes of at least 4 members (excludes halogenated alkanes) is 7. The topological polar surface area (TPSA) is 28.1 Å². The van der Waals surface area contributed by atoms with E-state index in [-0.39, 0.29) is 0 Å². The van der Waals surface area contributed by atoms with Crippen molar-refractivity contribution in [1.82, 2.24) is 9.80 Å². The van der Waals surface area contributed by atoms with Gasteiger partial charge in [-0.25, -0.2) is 4.99 Å². The molecule has 5 heteroatoms. The molecule has 0 aromatic heterocycles. The lowest BCUT2D eigenvalue weighted by Crippen LogP contribution is -2.49. The molecule has 32 heavy (non-hydrogen) atoms. The van der Waals surface area contributed by atoms with E-state index in [0.29, 0.717) is 10.8 Å². The summed E-state index contributed by atoms with van der Waals surface area (Å²) in [6.07, 6.45) is 11.0. The highest BCUT2D eigenvalue weighted by Gasteiger charge is 2.26. The molecule has 2 aromatic carbocycles. The van der Waals surface area contributed by atoms with Gasteiger partial charge in [-0.15, -0.1) is 0 Å². The lowest BCUT2D eigenvalue weighted by Gasteiger charge is -2.36. The second-order valence-electron chi connectivity index (χ2n) is 8.93. The van der Waals surface area contributed by atoms with Gasteiger partial charge in [-0.1, -0.05) is 81.7 Å². The van der Waals surface area contributed by atoms with Crippen LogP contribution < -0.4 is 4.74 Å². The van der Waals surface area contributed by atoms with Gasteiger partial charge in [-0.2, -0.15) is 0 Å². The summed E-state index contributed by atoms with van der Waals surface area (Å²) < 4.78 is 6.20. The van der Waals surface area contributed by atoms with E-state index in [1.54, 1.807) is 0 Å². The third-order valence-electron chi connectivity index (χ3n) is 6.51. The molecule has 2 heterocycles. The van der Waals surface area contributed by atoms with Crippen molar-refractivity contribution in [2.45, 2.75) is 58.3 Å². The second kappa shape index (κ2) is 11.7. The molecule has 1 saturated heterocycles. The summed E-state index contributed by atoms with van der Waals surface area (Å²) in [6.45, 7) is 7.60. The van der Waals surface area contributed by atoms with Gasteiger partial charge in [0, 0.05) is 26.2 Å². The largest absolute Gasteiger partial charge is 0.453 e. The number of nitrogens with zero attached hydrogens (tertiary/aromatic N) is 3. The number of amidine groups is 1. The van der Waals surface area contributed by atoms with Crippen molar-refractivity contribution in [2.24, 2.45) is 4.99 Å². The highest BCUT2D eigenvalue weighted by molar-refractivity contribution is 6.33. The number of halogens is 1. The maximum atomic E-state index is 6.52. The van der Waals surface area contributed by atoms with Crippen LogP contribution in [-0.4, -0.2) is 48.4 Å². The summed E-state index contributed by atoms with van der Waals surface area (Å²) in [5.41, 5.74) is 1.83. The van der Waals surface area contributed by atoms with Crippen LogP contribution in [0.15, 0.2) is 47.5 Å². The van der Waals surface area contributed by atoms with E-state index in [1.165, 1.54) is 57.9 Å². The first-order chi connectivity index (χ1) is 15.8. The van der Waals surface area contributed by atoms with Crippen LogP contribution in [-0.2, 0) is 0 Å². The highest BCUT2D eigenvalue weighted by Crippen LogP contribution is 2.41. The molecule has 0 amide bonds. The number of benzene rings is 2. The summed E-state index contributed by atoms with van der Waals surface area (Å²) >= 11 is 6.52. The molecule has 2 aliphatic heterocycles. The van der Waals surface area contributed by atoms with Crippen LogP contribution in [0.5, 0.6) is 11.5 Å². The molecule has 2 aliphatic rings. The van der Waals surface area contributed by atoms with Gasteiger partial charge in [0.1, 0.15) is 11.5 Å². The van der Waals surface area contributed by atoms with Crippen molar-refractivity contribution in [1.29, 1.82) is 0 Å². The Bertz CT molecular complexity index is 906. The molecule has 4 nitrogen and oxygen atoms in total. The maximum absolute atomic E-state index is 6.52. The molecule has 0 atom stereocenters. The van der Waals surface area contributed by atoms with E-state index in [0.717, 1.165) is 49.0 Å². The standard InChI is InChI=1S/C27H36ClN3O/c1-2-3-4-5-6-7-8-11-17-30-18-20-31(21-19-30)27-22-13-12-14-23(28)26(22)32-25-16-10-9-15-24(25)29-27/h9-10,12-16H,2-8,11,17-21H2,1H3. The molecule has 4 rings (SSSR count). The molecule has 0 aliphatic carbocycles. The van der Waals surface area contributed by atoms with Crippen molar-refractivity contribution >= 4 is 23.1 Å². The van der Waals surface area contributed by atoms with Gasteiger partial charge >= 0.3 is 0 Å². The maximum Gasteiger partial charge on any atom is 0.157 e. The fraction of sp³-hybridized carbons (Fsp3) is 0.519. The number of aliphatic imine (C=N–C) groups is 1. The lowest BCUT2D eigenvalue weighted by atomic mass is 10.1. The van der Waals surface area contributed by atoms with Crippen molar-refractivity contribution in [3.63, 3.8) is 0 Å². The number of ether oxygens (including phenoxy) is 1. The van der Waals surface area contributed by atoms with Crippen molar-refractivity contribution in [2.75, 3.05) is 32.7 Å². The molecule has 1 fully saturated rings. The molecule has 0 N–H and O–H groups in total. The van der Waals surface area contributed by atoms with E-state index in [4.69, 9.17) is 21.3 Å². The Hall–Kier alpha value is -2.04. The van der Waals surface area contributed by atoms with Crippen LogP contribution in [0.3, 0.4) is 0 Å². The van der Waals surface area contributed by atoms with Gasteiger partial charge in [0.05, 0.1) is 10.6 Å². The zero-order valence-electron chi connectivity index (χ0n) is 19.4. The SMILES string of the molecule is CCCCCCCCCCN1CCN(C2=Nc3ccccc3Oc3c(Cl)cccc32)CC1. The normalized spacial score (nSPS) is 16.1. The molecule has 0 saturated carbocycles. The minimum atomic E-state index is 0.625. The van der Waals surface area contributed by atoms with Crippen molar-refractivity contribution in [3.8, 4) is 11.5 Å². The van der Waals surface area contributed by atoms with Crippen LogP contribution in [0.25, 0.3) is 0 Å². The summed E-state index contributed by atoms with van der Waals surface area (Å²) in [5, 5.41) is 0.625. The van der Waals surface area contributed by atoms with Gasteiger partial charge in [0.2, 0.25) is 0 Å². The monoisotopic (exact) mass is 453 g/mol. The van der Waals surface area contributed by atoms with Crippen LogP contribution in [0, 0.1) is 0 Å². The number of para-hydroxylation sites is 3. The Morgan fingerprint density at radius 1 is 0.844 bits per heavy atom. The Balaban J connectivity index is 1.33. The predicted molar refractivity (Wildman–Crippen MR) is 135 cm³/mol. The third kappa shape index (κ3) is 5.85. The zero-order chi connectivity index (χ0) is 22.2. The van der Waals surface area contributed by atoms with Crippen LogP contribution in [0.1, 0.15) is 63.9 Å². The van der Waals surface area contributed by atoms with E-state index < -0.39 is 0 Å². The fourth-order valence-corrected chi connectivity index (χ4v) is 4.82. The average Bonchev–Trinajstić information content (AvgIpc) is 2.99. The summed E-state index contributed by atoms with van der Waals surface area (Å²) in [6, 6.07) is 13.9. The molecule has 0 radical (unpaired) electrons. The summed E-state index contributed by atoms with van der Waals surface area (Å²) in [4.78, 5) is 10.0. The van der Waals surface area contributed by atoms with Crippen molar-refractivity contribution < 1.29 is 4.74 Å². The lowest BCUT2D eigenvalue weighted by molar-refractivity contribution is 0.179. The van der Waals surface area contributed by atoms with Gasteiger partial charge in [-0.05, 0) is 37.2 Å².